The van der Waals surface area contributed by atoms with Crippen molar-refractivity contribution in [2.24, 2.45) is 0 Å². The minimum Gasteiger partial charge on any atom is -0.166 e. The Morgan fingerprint density at radius 3 is 2.47 bits per heavy atom. The number of hydrogen-bond donors (Lipinski definition) is 0. The molecule has 0 bridgehead atoms. The van der Waals surface area contributed by atoms with E-state index < -0.39 is 11.7 Å². The summed E-state index contributed by atoms with van der Waals surface area (Å²) in [6.45, 7) is 0. The quantitative estimate of drug-likeness (QED) is 0.854. The van der Waals surface area contributed by atoms with Crippen molar-refractivity contribution in [1.82, 2.24) is 10.2 Å². The fourth-order valence-electron chi connectivity index (χ4n) is 1.68. The molecule has 0 saturated carbocycles. The lowest BCUT2D eigenvalue weighted by atomic mass is 10.1. The summed E-state index contributed by atoms with van der Waals surface area (Å²) in [7, 11) is 0. The molecule has 0 N–H and O–H groups in total. The Balaban J connectivity index is 2.09. The molecule has 0 amide bonds. The Morgan fingerprint density at radius 2 is 1.89 bits per heavy atom. The van der Waals surface area contributed by atoms with E-state index in [1.807, 2.05) is 6.07 Å². The summed E-state index contributed by atoms with van der Waals surface area (Å²) in [6.07, 6.45) is -1.68. The van der Waals surface area contributed by atoms with E-state index in [1.54, 1.807) is 12.3 Å². The summed E-state index contributed by atoms with van der Waals surface area (Å²) in [5, 5.41) is 7.37. The van der Waals surface area contributed by atoms with Crippen LogP contribution in [0.25, 0.3) is 0 Å². The number of nitrogens with zero attached hydrogens (tertiary/aromatic N) is 2. The van der Waals surface area contributed by atoms with Gasteiger partial charge in [0.25, 0.3) is 0 Å². The van der Waals surface area contributed by atoms with Gasteiger partial charge < -0.3 is 0 Å². The molecule has 2 nitrogen and oxygen atoms in total. The van der Waals surface area contributed by atoms with Crippen LogP contribution >= 0.6 is 11.6 Å². The van der Waals surface area contributed by atoms with Crippen LogP contribution in [-0.2, 0) is 19.0 Å². The van der Waals surface area contributed by atoms with Crippen LogP contribution < -0.4 is 0 Å². The number of benzene rings is 1. The first-order valence-corrected chi connectivity index (χ1v) is 5.97. The molecule has 6 heteroatoms. The van der Waals surface area contributed by atoms with Crippen molar-refractivity contribution in [2.45, 2.75) is 19.0 Å². The van der Waals surface area contributed by atoms with Crippen molar-refractivity contribution in [3.05, 3.63) is 58.4 Å². The summed E-state index contributed by atoms with van der Waals surface area (Å²) in [5.41, 5.74) is 0.722. The number of aromatic nitrogens is 2. The van der Waals surface area contributed by atoms with Gasteiger partial charge in [0.2, 0.25) is 0 Å². The highest BCUT2D eigenvalue weighted by atomic mass is 35.5. The molecule has 0 fully saturated rings. The molecule has 100 valence electrons. The van der Waals surface area contributed by atoms with Crippen molar-refractivity contribution < 1.29 is 13.2 Å². The van der Waals surface area contributed by atoms with Gasteiger partial charge in [-0.2, -0.15) is 23.4 Å². The molecule has 2 aromatic rings. The maximum absolute atomic E-state index is 12.5. The zero-order valence-electron chi connectivity index (χ0n) is 9.78. The third kappa shape index (κ3) is 3.67. The predicted molar refractivity (Wildman–Crippen MR) is 65.9 cm³/mol. The molecule has 0 atom stereocenters. The highest BCUT2D eigenvalue weighted by Crippen LogP contribution is 2.35. The Kier molecular flexibility index (Phi) is 4.04. The van der Waals surface area contributed by atoms with Crippen LogP contribution in [0, 0.1) is 0 Å². The molecule has 0 spiro atoms. The van der Waals surface area contributed by atoms with Gasteiger partial charge in [0.05, 0.1) is 16.3 Å². The lowest BCUT2D eigenvalue weighted by molar-refractivity contribution is -0.137. The second-order valence-electron chi connectivity index (χ2n) is 4.03. The lowest BCUT2D eigenvalue weighted by Gasteiger charge is -2.10. The van der Waals surface area contributed by atoms with E-state index in [0.29, 0.717) is 12.8 Å². The van der Waals surface area contributed by atoms with Gasteiger partial charge in [-0.3, -0.25) is 0 Å². The first-order valence-electron chi connectivity index (χ1n) is 5.59. The third-order valence-electron chi connectivity index (χ3n) is 2.64. The molecule has 0 unspecified atom stereocenters. The van der Waals surface area contributed by atoms with E-state index >= 15 is 0 Å². The van der Waals surface area contributed by atoms with Gasteiger partial charge in [0.1, 0.15) is 0 Å². The van der Waals surface area contributed by atoms with Crippen LogP contribution in [0.1, 0.15) is 16.8 Å². The van der Waals surface area contributed by atoms with Gasteiger partial charge in [-0.25, -0.2) is 0 Å². The molecule has 2 rings (SSSR count). The molecule has 0 radical (unpaired) electrons. The maximum Gasteiger partial charge on any atom is 0.417 e. The fourth-order valence-corrected chi connectivity index (χ4v) is 1.99. The van der Waals surface area contributed by atoms with Crippen LogP contribution in [-0.4, -0.2) is 10.2 Å². The number of hydrogen-bond acceptors (Lipinski definition) is 2. The van der Waals surface area contributed by atoms with Crippen molar-refractivity contribution >= 4 is 11.6 Å². The maximum atomic E-state index is 12.5. The van der Waals surface area contributed by atoms with Crippen molar-refractivity contribution in [3.8, 4) is 0 Å². The van der Waals surface area contributed by atoms with Gasteiger partial charge in [-0.05, 0) is 42.7 Å². The molecule has 0 aliphatic carbocycles. The molecular formula is C13H10ClF3N2. The van der Waals surface area contributed by atoms with E-state index in [4.69, 9.17) is 11.6 Å². The average molecular weight is 287 g/mol. The van der Waals surface area contributed by atoms with Crippen LogP contribution in [0.4, 0.5) is 13.2 Å². The molecular weight excluding hydrogens is 277 g/mol. The van der Waals surface area contributed by atoms with Crippen LogP contribution in [0.3, 0.4) is 0 Å². The zero-order chi connectivity index (χ0) is 13.9. The van der Waals surface area contributed by atoms with E-state index in [1.165, 1.54) is 12.1 Å². The minimum absolute atomic E-state index is 0.274. The van der Waals surface area contributed by atoms with Gasteiger partial charge in [0.15, 0.2) is 0 Å². The van der Waals surface area contributed by atoms with Crippen LogP contribution in [0.15, 0.2) is 36.5 Å². The summed E-state index contributed by atoms with van der Waals surface area (Å²) in [6, 6.07) is 7.38. The normalized spacial score (nSPS) is 11.6. The molecule has 0 saturated heterocycles. The second kappa shape index (κ2) is 5.57. The summed E-state index contributed by atoms with van der Waals surface area (Å²) < 4.78 is 37.6. The van der Waals surface area contributed by atoms with Crippen LogP contribution in [0.5, 0.6) is 0 Å². The Labute approximate surface area is 113 Å². The Bertz CT molecular complexity index is 556. The smallest absolute Gasteiger partial charge is 0.166 e. The molecule has 1 aromatic carbocycles. The highest BCUT2D eigenvalue weighted by molar-refractivity contribution is 6.31. The van der Waals surface area contributed by atoms with E-state index in [2.05, 4.69) is 10.2 Å². The third-order valence-corrected chi connectivity index (χ3v) is 2.95. The SMILES string of the molecule is FC(F)(F)c1ccc(CCc2cccnn2)cc1Cl. The minimum atomic E-state index is -4.42. The van der Waals surface area contributed by atoms with Crippen molar-refractivity contribution in [2.75, 3.05) is 0 Å². The second-order valence-corrected chi connectivity index (χ2v) is 4.43. The molecule has 0 aliphatic rings. The van der Waals surface area contributed by atoms with E-state index in [-0.39, 0.29) is 5.02 Å². The lowest BCUT2D eigenvalue weighted by Crippen LogP contribution is -2.06. The largest absolute Gasteiger partial charge is 0.417 e. The standard InChI is InChI=1S/C13H10ClF3N2/c14-12-8-9(4-6-11(12)13(15,16)17)3-5-10-2-1-7-18-19-10/h1-2,4,6-8H,3,5H2. The predicted octanol–water partition coefficient (Wildman–Crippen LogP) is 3.93. The van der Waals surface area contributed by atoms with E-state index in [9.17, 15) is 13.2 Å². The van der Waals surface area contributed by atoms with Crippen molar-refractivity contribution in [3.63, 3.8) is 0 Å². The summed E-state index contributed by atoms with van der Waals surface area (Å²) in [5.74, 6) is 0. The number of halogens is 4. The van der Waals surface area contributed by atoms with Gasteiger partial charge in [-0.1, -0.05) is 17.7 Å². The summed E-state index contributed by atoms with van der Waals surface area (Å²) in [4.78, 5) is 0. The first-order chi connectivity index (χ1) is 8.97. The molecule has 1 aromatic heterocycles. The number of alkyl halides is 3. The van der Waals surface area contributed by atoms with Gasteiger partial charge >= 0.3 is 6.18 Å². The number of aryl methyl sites for hydroxylation is 2. The Hall–Kier alpha value is -1.62. The fraction of sp³-hybridized carbons (Fsp3) is 0.231. The topological polar surface area (TPSA) is 25.8 Å². The first kappa shape index (κ1) is 13.8. The highest BCUT2D eigenvalue weighted by Gasteiger charge is 2.32. The van der Waals surface area contributed by atoms with Crippen molar-refractivity contribution in [1.29, 1.82) is 0 Å². The molecule has 19 heavy (non-hydrogen) atoms. The van der Waals surface area contributed by atoms with Gasteiger partial charge in [-0.15, -0.1) is 0 Å². The van der Waals surface area contributed by atoms with E-state index in [0.717, 1.165) is 17.3 Å². The average Bonchev–Trinajstić information content (AvgIpc) is 2.36. The summed E-state index contributed by atoms with van der Waals surface area (Å²) >= 11 is 5.65. The Morgan fingerprint density at radius 1 is 1.11 bits per heavy atom. The molecule has 1 heterocycles. The monoisotopic (exact) mass is 286 g/mol. The molecule has 0 aliphatic heterocycles. The number of rotatable bonds is 3. The van der Waals surface area contributed by atoms with Gasteiger partial charge in [0, 0.05) is 6.20 Å². The zero-order valence-corrected chi connectivity index (χ0v) is 10.5. The van der Waals surface area contributed by atoms with Crippen LogP contribution in [0.2, 0.25) is 5.02 Å².